The van der Waals surface area contributed by atoms with Gasteiger partial charge in [0.25, 0.3) is 0 Å². The summed E-state index contributed by atoms with van der Waals surface area (Å²) < 4.78 is 46.4. The molecule has 0 bridgehead atoms. The molecule has 8 heteroatoms. The van der Waals surface area contributed by atoms with E-state index in [-0.39, 0.29) is 18.7 Å². The number of alkyl halides is 3. The predicted molar refractivity (Wildman–Crippen MR) is 88.2 cm³/mol. The van der Waals surface area contributed by atoms with E-state index in [1.165, 1.54) is 6.07 Å². The first-order valence-electron chi connectivity index (χ1n) is 8.04. The van der Waals surface area contributed by atoms with Crippen LogP contribution in [0.2, 0.25) is 5.02 Å². The number of hydrogen-bond donors (Lipinski definition) is 1. The van der Waals surface area contributed by atoms with Crippen LogP contribution in [0.15, 0.2) is 30.6 Å². The number of imidazole rings is 1. The Bertz CT molecular complexity index is 732. The fourth-order valence-corrected chi connectivity index (χ4v) is 3.21. The van der Waals surface area contributed by atoms with E-state index >= 15 is 0 Å². The average molecular weight is 374 g/mol. The van der Waals surface area contributed by atoms with Crippen LogP contribution in [0.1, 0.15) is 35.9 Å². The SMILES string of the molecule is Cn1ccnc1[C@H]1OCCC[C@@H]1NCc1cc(C(F)(F)F)ccc1Cl. The minimum absolute atomic E-state index is 0.0412. The highest BCUT2D eigenvalue weighted by Crippen LogP contribution is 2.32. The van der Waals surface area contributed by atoms with Gasteiger partial charge in [0.2, 0.25) is 0 Å². The zero-order chi connectivity index (χ0) is 18.0. The lowest BCUT2D eigenvalue weighted by Gasteiger charge is -2.32. The Hall–Kier alpha value is -1.57. The summed E-state index contributed by atoms with van der Waals surface area (Å²) in [6.07, 6.45) is 0.659. The largest absolute Gasteiger partial charge is 0.416 e. The monoisotopic (exact) mass is 373 g/mol. The molecule has 0 saturated carbocycles. The van der Waals surface area contributed by atoms with E-state index in [1.54, 1.807) is 6.20 Å². The molecule has 1 saturated heterocycles. The molecule has 1 aliphatic rings. The fraction of sp³-hybridized carbons (Fsp3) is 0.471. The third kappa shape index (κ3) is 4.16. The Kier molecular flexibility index (Phi) is 5.36. The molecule has 25 heavy (non-hydrogen) atoms. The van der Waals surface area contributed by atoms with Crippen molar-refractivity contribution >= 4 is 11.6 Å². The van der Waals surface area contributed by atoms with Crippen LogP contribution < -0.4 is 5.32 Å². The molecule has 3 rings (SSSR count). The van der Waals surface area contributed by atoms with E-state index in [9.17, 15) is 13.2 Å². The summed E-state index contributed by atoms with van der Waals surface area (Å²) in [6.45, 7) is 0.873. The first-order chi connectivity index (χ1) is 11.9. The van der Waals surface area contributed by atoms with Gasteiger partial charge in [-0.05, 0) is 36.6 Å². The second-order valence-electron chi connectivity index (χ2n) is 6.12. The highest BCUT2D eigenvalue weighted by atomic mass is 35.5. The van der Waals surface area contributed by atoms with Crippen LogP contribution in [0.3, 0.4) is 0 Å². The van der Waals surface area contributed by atoms with Gasteiger partial charge < -0.3 is 14.6 Å². The molecule has 4 nitrogen and oxygen atoms in total. The lowest BCUT2D eigenvalue weighted by atomic mass is 10.0. The van der Waals surface area contributed by atoms with Crippen molar-refractivity contribution in [1.82, 2.24) is 14.9 Å². The molecule has 1 aliphatic heterocycles. The van der Waals surface area contributed by atoms with Gasteiger partial charge in [-0.25, -0.2) is 4.98 Å². The number of nitrogens with zero attached hydrogens (tertiary/aromatic N) is 2. The van der Waals surface area contributed by atoms with Gasteiger partial charge in [-0.1, -0.05) is 11.6 Å². The molecule has 1 N–H and O–H groups in total. The Labute approximate surface area is 149 Å². The van der Waals surface area contributed by atoms with Crippen LogP contribution in [-0.2, 0) is 24.5 Å². The topological polar surface area (TPSA) is 39.1 Å². The smallest absolute Gasteiger partial charge is 0.369 e. The minimum atomic E-state index is -4.39. The zero-order valence-electron chi connectivity index (χ0n) is 13.7. The number of hydrogen-bond acceptors (Lipinski definition) is 3. The molecule has 1 aromatic heterocycles. The molecule has 2 aromatic rings. The van der Waals surface area contributed by atoms with Gasteiger partial charge in [-0.2, -0.15) is 13.2 Å². The number of halogens is 4. The molecule has 0 aliphatic carbocycles. The van der Waals surface area contributed by atoms with E-state index in [1.807, 2.05) is 17.8 Å². The van der Waals surface area contributed by atoms with Crippen LogP contribution >= 0.6 is 11.6 Å². The standard InChI is InChI=1S/C17H19ClF3N3O/c1-24-7-6-22-16(24)15-14(3-2-8-25-15)23-10-11-9-12(17(19,20)21)4-5-13(11)18/h4-7,9,14-15,23H,2-3,8,10H2,1H3/t14-,15-/m0/s1. The van der Waals surface area contributed by atoms with Crippen molar-refractivity contribution in [3.8, 4) is 0 Å². The number of nitrogens with one attached hydrogen (secondary N) is 1. The molecule has 0 unspecified atom stereocenters. The van der Waals surface area contributed by atoms with Crippen LogP contribution in [0.25, 0.3) is 0 Å². The van der Waals surface area contributed by atoms with Crippen LogP contribution in [0, 0.1) is 0 Å². The van der Waals surface area contributed by atoms with Crippen LogP contribution in [0.5, 0.6) is 0 Å². The normalized spacial score (nSPS) is 21.5. The van der Waals surface area contributed by atoms with Gasteiger partial charge in [-0.3, -0.25) is 0 Å². The van der Waals surface area contributed by atoms with Crippen LogP contribution in [-0.4, -0.2) is 22.2 Å². The summed E-state index contributed by atoms with van der Waals surface area (Å²) in [5.74, 6) is 0.798. The lowest BCUT2D eigenvalue weighted by Crippen LogP contribution is -2.40. The molecular weight excluding hydrogens is 355 g/mol. The Morgan fingerprint density at radius 1 is 1.40 bits per heavy atom. The molecule has 0 amide bonds. The van der Waals surface area contributed by atoms with Crippen molar-refractivity contribution in [2.75, 3.05) is 6.61 Å². The number of aromatic nitrogens is 2. The summed E-state index contributed by atoms with van der Waals surface area (Å²) in [6, 6.07) is 3.33. The molecule has 1 fully saturated rings. The second-order valence-corrected chi connectivity index (χ2v) is 6.53. The number of aryl methyl sites for hydroxylation is 1. The Morgan fingerprint density at radius 3 is 2.88 bits per heavy atom. The van der Waals surface area contributed by atoms with Crippen molar-refractivity contribution in [3.63, 3.8) is 0 Å². The summed E-state index contributed by atoms with van der Waals surface area (Å²) in [7, 11) is 1.89. The van der Waals surface area contributed by atoms with Crippen molar-refractivity contribution in [1.29, 1.82) is 0 Å². The first-order valence-corrected chi connectivity index (χ1v) is 8.42. The fourth-order valence-electron chi connectivity index (χ4n) is 3.02. The van der Waals surface area contributed by atoms with E-state index in [4.69, 9.17) is 16.3 Å². The molecule has 136 valence electrons. The van der Waals surface area contributed by atoms with Crippen molar-refractivity contribution < 1.29 is 17.9 Å². The van der Waals surface area contributed by atoms with Crippen molar-refractivity contribution in [2.24, 2.45) is 7.05 Å². The third-order valence-electron chi connectivity index (χ3n) is 4.36. The highest BCUT2D eigenvalue weighted by Gasteiger charge is 2.32. The molecule has 2 atom stereocenters. The van der Waals surface area contributed by atoms with Crippen molar-refractivity contribution in [3.05, 3.63) is 52.6 Å². The summed E-state index contributed by atoms with van der Waals surface area (Å²) in [4.78, 5) is 4.33. The second kappa shape index (κ2) is 7.35. The Balaban J connectivity index is 1.74. The van der Waals surface area contributed by atoms with Crippen LogP contribution in [0.4, 0.5) is 13.2 Å². The summed E-state index contributed by atoms with van der Waals surface area (Å²) in [5, 5.41) is 3.60. The predicted octanol–water partition coefficient (Wildman–Crippen LogP) is 4.10. The summed E-state index contributed by atoms with van der Waals surface area (Å²) in [5.41, 5.74) is -0.282. The molecule has 0 spiro atoms. The highest BCUT2D eigenvalue weighted by molar-refractivity contribution is 6.31. The van der Waals surface area contributed by atoms with Gasteiger partial charge in [-0.15, -0.1) is 0 Å². The third-order valence-corrected chi connectivity index (χ3v) is 4.73. The number of ether oxygens (including phenoxy) is 1. The first kappa shape index (κ1) is 18.2. The Morgan fingerprint density at radius 2 is 2.20 bits per heavy atom. The van der Waals surface area contributed by atoms with Gasteiger partial charge in [0.1, 0.15) is 11.9 Å². The van der Waals surface area contributed by atoms with Gasteiger partial charge in [0.05, 0.1) is 5.56 Å². The average Bonchev–Trinajstić information content (AvgIpc) is 2.99. The van der Waals surface area contributed by atoms with E-state index in [2.05, 4.69) is 10.3 Å². The quantitative estimate of drug-likeness (QED) is 0.877. The molecule has 1 aromatic carbocycles. The lowest BCUT2D eigenvalue weighted by molar-refractivity contribution is -0.137. The molecule has 0 radical (unpaired) electrons. The number of rotatable bonds is 4. The summed E-state index contributed by atoms with van der Waals surface area (Å²) >= 11 is 6.07. The maximum Gasteiger partial charge on any atom is 0.416 e. The van der Waals surface area contributed by atoms with E-state index in [0.29, 0.717) is 17.2 Å². The van der Waals surface area contributed by atoms with Gasteiger partial charge in [0, 0.05) is 43.7 Å². The molecule has 2 heterocycles. The zero-order valence-corrected chi connectivity index (χ0v) is 14.4. The van der Waals surface area contributed by atoms with E-state index in [0.717, 1.165) is 30.8 Å². The number of benzene rings is 1. The van der Waals surface area contributed by atoms with Crippen molar-refractivity contribution in [2.45, 2.75) is 37.7 Å². The minimum Gasteiger partial charge on any atom is -0.369 e. The van der Waals surface area contributed by atoms with E-state index < -0.39 is 11.7 Å². The van der Waals surface area contributed by atoms with Gasteiger partial charge in [0.15, 0.2) is 0 Å². The van der Waals surface area contributed by atoms with Gasteiger partial charge >= 0.3 is 6.18 Å². The molecular formula is C17H19ClF3N3O. The maximum absolute atomic E-state index is 12.9. The maximum atomic E-state index is 12.9.